The molecule has 2 rings (SSSR count). The number of nitrogens with zero attached hydrogens (tertiary/aromatic N) is 3. The van der Waals surface area contributed by atoms with Crippen LogP contribution in [0.15, 0.2) is 6.20 Å². The Morgan fingerprint density at radius 2 is 2.35 bits per heavy atom. The zero-order valence-electron chi connectivity index (χ0n) is 9.90. The molecule has 6 nitrogen and oxygen atoms in total. The molecular weight excluding hydrogens is 236 g/mol. The van der Waals surface area contributed by atoms with E-state index in [4.69, 9.17) is 5.73 Å². The van der Waals surface area contributed by atoms with Gasteiger partial charge in [0.25, 0.3) is 0 Å². The van der Waals surface area contributed by atoms with Gasteiger partial charge in [0.05, 0.1) is 11.6 Å². The summed E-state index contributed by atoms with van der Waals surface area (Å²) in [7, 11) is 0. The van der Waals surface area contributed by atoms with E-state index >= 15 is 0 Å². The van der Waals surface area contributed by atoms with Crippen molar-refractivity contribution in [1.29, 1.82) is 0 Å². The summed E-state index contributed by atoms with van der Waals surface area (Å²) < 4.78 is 0. The maximum absolute atomic E-state index is 5.65. The van der Waals surface area contributed by atoms with E-state index in [1.165, 1.54) is 0 Å². The number of hydrogen-bond acceptors (Lipinski definition) is 6. The second kappa shape index (κ2) is 5.22. The number of nitrogens with one attached hydrogen (secondary N) is 2. The first kappa shape index (κ1) is 12.0. The van der Waals surface area contributed by atoms with Gasteiger partial charge >= 0.3 is 0 Å². The summed E-state index contributed by atoms with van der Waals surface area (Å²) >= 11 is 1.83. The van der Waals surface area contributed by atoms with E-state index in [-0.39, 0.29) is 5.95 Å². The van der Waals surface area contributed by atoms with Crippen LogP contribution in [0.4, 0.5) is 11.8 Å². The number of aromatic amines is 1. The maximum Gasteiger partial charge on any atom is 0.224 e. The Bertz CT molecular complexity index is 497. The van der Waals surface area contributed by atoms with E-state index in [2.05, 4.69) is 38.7 Å². The molecule has 0 aromatic carbocycles. The fourth-order valence-electron chi connectivity index (χ4n) is 1.56. The summed E-state index contributed by atoms with van der Waals surface area (Å²) in [5.41, 5.74) is 6.31. The zero-order chi connectivity index (χ0) is 12.3. The minimum Gasteiger partial charge on any atom is -0.368 e. The monoisotopic (exact) mass is 252 g/mol. The topological polar surface area (TPSA) is 92.5 Å². The number of aromatic nitrogens is 4. The molecule has 17 heavy (non-hydrogen) atoms. The first-order valence-electron chi connectivity index (χ1n) is 5.42. The lowest BCUT2D eigenvalue weighted by molar-refractivity contribution is 0.768. The summed E-state index contributed by atoms with van der Waals surface area (Å²) in [6.07, 6.45) is 4.88. The molecule has 0 aliphatic heterocycles. The number of fused-ring (bicyclic) bond motifs is 1. The van der Waals surface area contributed by atoms with Crippen LogP contribution >= 0.6 is 11.8 Å². The predicted molar refractivity (Wildman–Crippen MR) is 72.2 cm³/mol. The predicted octanol–water partition coefficient (Wildman–Crippen LogP) is 1.49. The van der Waals surface area contributed by atoms with Gasteiger partial charge in [0.1, 0.15) is 5.82 Å². The van der Waals surface area contributed by atoms with Crippen molar-refractivity contribution in [3.05, 3.63) is 6.20 Å². The van der Waals surface area contributed by atoms with Gasteiger partial charge in [0, 0.05) is 6.04 Å². The average Bonchev–Trinajstić information content (AvgIpc) is 2.74. The fourth-order valence-corrected chi connectivity index (χ4v) is 2.15. The van der Waals surface area contributed by atoms with E-state index in [1.807, 2.05) is 11.8 Å². The molecule has 7 heteroatoms. The number of anilines is 2. The van der Waals surface area contributed by atoms with Gasteiger partial charge in [-0.2, -0.15) is 26.8 Å². The van der Waals surface area contributed by atoms with Crippen molar-refractivity contribution in [3.63, 3.8) is 0 Å². The number of rotatable bonds is 5. The van der Waals surface area contributed by atoms with Crippen molar-refractivity contribution in [3.8, 4) is 0 Å². The fraction of sp³-hybridized carbons (Fsp3) is 0.500. The van der Waals surface area contributed by atoms with Crippen molar-refractivity contribution in [2.45, 2.75) is 19.4 Å². The van der Waals surface area contributed by atoms with Gasteiger partial charge in [-0.15, -0.1) is 0 Å². The summed E-state index contributed by atoms with van der Waals surface area (Å²) in [6, 6.07) is 0.342. The SMILES string of the molecule is CSCCC(C)Nc1nc(N)nc2[nH]ncc12. The van der Waals surface area contributed by atoms with E-state index in [0.29, 0.717) is 11.7 Å². The molecule has 0 bridgehead atoms. The number of H-pyrrole nitrogens is 1. The second-order valence-electron chi connectivity index (χ2n) is 3.89. The molecule has 0 aliphatic carbocycles. The largest absolute Gasteiger partial charge is 0.368 e. The number of nitrogen functional groups attached to an aromatic ring is 1. The molecule has 2 heterocycles. The summed E-state index contributed by atoms with van der Waals surface area (Å²) in [6.45, 7) is 2.13. The highest BCUT2D eigenvalue weighted by Crippen LogP contribution is 2.20. The molecule has 1 atom stereocenters. The molecule has 1 unspecified atom stereocenters. The normalized spacial score (nSPS) is 12.8. The Morgan fingerprint density at radius 1 is 1.53 bits per heavy atom. The van der Waals surface area contributed by atoms with Crippen LogP contribution in [0.3, 0.4) is 0 Å². The van der Waals surface area contributed by atoms with Gasteiger partial charge in [-0.3, -0.25) is 5.10 Å². The van der Waals surface area contributed by atoms with E-state index in [9.17, 15) is 0 Å². The highest BCUT2D eigenvalue weighted by molar-refractivity contribution is 7.98. The number of thioether (sulfide) groups is 1. The first-order valence-corrected chi connectivity index (χ1v) is 6.82. The second-order valence-corrected chi connectivity index (χ2v) is 4.88. The maximum atomic E-state index is 5.65. The van der Waals surface area contributed by atoms with Crippen LogP contribution in [0.5, 0.6) is 0 Å². The highest BCUT2D eigenvalue weighted by Gasteiger charge is 2.10. The lowest BCUT2D eigenvalue weighted by atomic mass is 10.2. The van der Waals surface area contributed by atoms with Gasteiger partial charge in [-0.25, -0.2) is 0 Å². The zero-order valence-corrected chi connectivity index (χ0v) is 10.7. The van der Waals surface area contributed by atoms with E-state index in [0.717, 1.165) is 23.4 Å². The minimum atomic E-state index is 0.251. The third-order valence-electron chi connectivity index (χ3n) is 2.47. The molecule has 0 amide bonds. The minimum absolute atomic E-state index is 0.251. The van der Waals surface area contributed by atoms with Crippen LogP contribution in [0.25, 0.3) is 11.0 Å². The van der Waals surface area contributed by atoms with Crippen molar-refractivity contribution >= 4 is 34.6 Å². The highest BCUT2D eigenvalue weighted by atomic mass is 32.2. The van der Waals surface area contributed by atoms with Crippen molar-refractivity contribution in [2.75, 3.05) is 23.1 Å². The Balaban J connectivity index is 2.19. The van der Waals surface area contributed by atoms with Crippen LogP contribution in [-0.4, -0.2) is 38.2 Å². The molecule has 0 saturated heterocycles. The van der Waals surface area contributed by atoms with Gasteiger partial charge in [0.15, 0.2) is 5.65 Å². The Kier molecular flexibility index (Phi) is 3.68. The van der Waals surface area contributed by atoms with Crippen LogP contribution in [0, 0.1) is 0 Å². The van der Waals surface area contributed by atoms with Gasteiger partial charge in [-0.05, 0) is 25.4 Å². The average molecular weight is 252 g/mol. The van der Waals surface area contributed by atoms with Crippen LogP contribution in [0.1, 0.15) is 13.3 Å². The van der Waals surface area contributed by atoms with Gasteiger partial charge in [0.2, 0.25) is 5.95 Å². The third-order valence-corrected chi connectivity index (χ3v) is 3.11. The van der Waals surface area contributed by atoms with E-state index < -0.39 is 0 Å². The Morgan fingerprint density at radius 3 is 3.12 bits per heavy atom. The Labute approximate surface area is 104 Å². The molecule has 0 radical (unpaired) electrons. The van der Waals surface area contributed by atoms with Gasteiger partial charge in [-0.1, -0.05) is 0 Å². The molecule has 0 saturated carbocycles. The lowest BCUT2D eigenvalue weighted by Gasteiger charge is -2.14. The van der Waals surface area contributed by atoms with Crippen molar-refractivity contribution in [1.82, 2.24) is 20.2 Å². The van der Waals surface area contributed by atoms with Crippen LogP contribution in [0.2, 0.25) is 0 Å². The number of hydrogen-bond donors (Lipinski definition) is 3. The lowest BCUT2D eigenvalue weighted by Crippen LogP contribution is -2.17. The van der Waals surface area contributed by atoms with Crippen LogP contribution < -0.4 is 11.1 Å². The molecular formula is C10H16N6S. The molecule has 0 fully saturated rings. The molecule has 4 N–H and O–H groups in total. The van der Waals surface area contributed by atoms with Gasteiger partial charge < -0.3 is 11.1 Å². The molecule has 0 spiro atoms. The standard InChI is InChI=1S/C10H16N6S/c1-6(3-4-17-2)13-8-7-5-12-16-9(7)15-10(11)14-8/h5-6H,3-4H2,1-2H3,(H4,11,12,13,14,15,16). The Hall–Kier alpha value is -1.50. The summed E-state index contributed by atoms with van der Waals surface area (Å²) in [4.78, 5) is 8.28. The smallest absolute Gasteiger partial charge is 0.224 e. The number of nitrogens with two attached hydrogens (primary N) is 1. The third kappa shape index (κ3) is 2.79. The van der Waals surface area contributed by atoms with E-state index in [1.54, 1.807) is 6.20 Å². The first-order chi connectivity index (χ1) is 8.20. The summed E-state index contributed by atoms with van der Waals surface area (Å²) in [5.74, 6) is 2.11. The van der Waals surface area contributed by atoms with Crippen molar-refractivity contribution in [2.24, 2.45) is 0 Å². The molecule has 2 aromatic rings. The molecule has 2 aromatic heterocycles. The van der Waals surface area contributed by atoms with Crippen molar-refractivity contribution < 1.29 is 0 Å². The quantitative estimate of drug-likeness (QED) is 0.746. The van der Waals surface area contributed by atoms with Crippen LogP contribution in [-0.2, 0) is 0 Å². The molecule has 92 valence electrons. The molecule has 0 aliphatic rings. The summed E-state index contributed by atoms with van der Waals surface area (Å²) in [5, 5.41) is 11.0.